The highest BCUT2D eigenvalue weighted by Crippen LogP contribution is 2.30. The maximum atomic E-state index is 8.96. The van der Waals surface area contributed by atoms with E-state index in [4.69, 9.17) is 11.0 Å². The van der Waals surface area contributed by atoms with Crippen LogP contribution in [0.25, 0.3) is 0 Å². The normalized spacial score (nSPS) is 9.69. The Morgan fingerprint density at radius 1 is 1.00 bits per heavy atom. The maximum absolute atomic E-state index is 8.96. The molecule has 2 rings (SSSR count). The summed E-state index contributed by atoms with van der Waals surface area (Å²) in [4.78, 5) is 2.05. The Bertz CT molecular complexity index is 526. The van der Waals surface area contributed by atoms with Crippen LogP contribution in [-0.2, 0) is 0 Å². The topological polar surface area (TPSA) is 49.8 Å². The molecule has 0 atom stereocenters. The zero-order valence-corrected chi connectivity index (χ0v) is 9.37. The molecule has 78 valence electrons. The Labute approximate surface area is 98.7 Å². The van der Waals surface area contributed by atoms with E-state index in [1.165, 1.54) is 0 Å². The Kier molecular flexibility index (Phi) is 3.13. The zero-order chi connectivity index (χ0) is 11.4. The Balaban J connectivity index is 2.27. The first-order valence-corrected chi connectivity index (χ1v) is 5.64. The molecule has 0 saturated heterocycles. The van der Waals surface area contributed by atoms with Crippen molar-refractivity contribution in [2.24, 2.45) is 0 Å². The molecule has 2 aromatic rings. The van der Waals surface area contributed by atoms with Gasteiger partial charge in [0.15, 0.2) is 0 Å². The highest BCUT2D eigenvalue weighted by atomic mass is 32.2. The van der Waals surface area contributed by atoms with E-state index in [0.29, 0.717) is 5.56 Å². The Morgan fingerprint density at radius 2 is 1.69 bits per heavy atom. The van der Waals surface area contributed by atoms with E-state index < -0.39 is 0 Å². The first kappa shape index (κ1) is 10.6. The van der Waals surface area contributed by atoms with Crippen molar-refractivity contribution in [3.8, 4) is 6.07 Å². The van der Waals surface area contributed by atoms with Gasteiger partial charge in [0, 0.05) is 15.5 Å². The lowest BCUT2D eigenvalue weighted by molar-refractivity contribution is 1.35. The fourth-order valence-electron chi connectivity index (χ4n) is 1.31. The van der Waals surface area contributed by atoms with Crippen LogP contribution in [0.1, 0.15) is 5.56 Å². The van der Waals surface area contributed by atoms with Gasteiger partial charge >= 0.3 is 0 Å². The Hall–Kier alpha value is -1.92. The van der Waals surface area contributed by atoms with Crippen molar-refractivity contribution in [2.45, 2.75) is 9.79 Å². The molecule has 0 amide bonds. The summed E-state index contributed by atoms with van der Waals surface area (Å²) in [6.07, 6.45) is 0. The number of hydrogen-bond donors (Lipinski definition) is 1. The molecule has 0 aliphatic carbocycles. The zero-order valence-electron chi connectivity index (χ0n) is 8.55. The number of rotatable bonds is 2. The summed E-state index contributed by atoms with van der Waals surface area (Å²) in [5.74, 6) is 0. The van der Waals surface area contributed by atoms with Crippen molar-refractivity contribution < 1.29 is 0 Å². The predicted octanol–water partition coefficient (Wildman–Crippen LogP) is 3.29. The van der Waals surface area contributed by atoms with Gasteiger partial charge in [0.05, 0.1) is 5.56 Å². The molecule has 2 nitrogen and oxygen atoms in total. The lowest BCUT2D eigenvalue weighted by Gasteiger charge is -2.03. The van der Waals surface area contributed by atoms with E-state index in [-0.39, 0.29) is 0 Å². The number of hydrogen-bond acceptors (Lipinski definition) is 3. The van der Waals surface area contributed by atoms with Gasteiger partial charge in [0.2, 0.25) is 0 Å². The number of anilines is 1. The molecule has 0 unspecified atom stereocenters. The summed E-state index contributed by atoms with van der Waals surface area (Å²) in [6.45, 7) is 0. The fraction of sp³-hybridized carbons (Fsp3) is 0. The smallest absolute Gasteiger partial charge is 0.100 e. The number of nitrogen functional groups attached to an aromatic ring is 1. The molecule has 0 bridgehead atoms. The van der Waals surface area contributed by atoms with Crippen molar-refractivity contribution in [3.05, 3.63) is 54.1 Å². The first-order chi connectivity index (χ1) is 7.79. The van der Waals surface area contributed by atoms with E-state index in [0.717, 1.165) is 15.5 Å². The van der Waals surface area contributed by atoms with Gasteiger partial charge in [0.25, 0.3) is 0 Å². The minimum absolute atomic E-state index is 0.698. The third-order valence-corrected chi connectivity index (χ3v) is 3.20. The van der Waals surface area contributed by atoms with Crippen LogP contribution in [0.2, 0.25) is 0 Å². The predicted molar refractivity (Wildman–Crippen MR) is 66.1 cm³/mol. The number of nitriles is 1. The van der Waals surface area contributed by atoms with Crippen molar-refractivity contribution in [1.29, 1.82) is 5.26 Å². The molecule has 0 saturated carbocycles. The van der Waals surface area contributed by atoms with Crippen molar-refractivity contribution in [2.75, 3.05) is 5.73 Å². The van der Waals surface area contributed by atoms with E-state index in [1.807, 2.05) is 48.5 Å². The van der Waals surface area contributed by atoms with Crippen molar-refractivity contribution in [3.63, 3.8) is 0 Å². The third-order valence-electron chi connectivity index (χ3n) is 2.12. The van der Waals surface area contributed by atoms with Crippen LogP contribution >= 0.6 is 11.8 Å². The van der Waals surface area contributed by atoms with Crippen molar-refractivity contribution in [1.82, 2.24) is 0 Å². The highest BCUT2D eigenvalue weighted by molar-refractivity contribution is 7.99. The average molecular weight is 226 g/mol. The summed E-state index contributed by atoms with van der Waals surface area (Å²) in [6, 6.07) is 17.4. The molecule has 0 spiro atoms. The van der Waals surface area contributed by atoms with Crippen LogP contribution in [-0.4, -0.2) is 0 Å². The molecule has 2 aromatic carbocycles. The van der Waals surface area contributed by atoms with Gasteiger partial charge in [-0.1, -0.05) is 23.9 Å². The van der Waals surface area contributed by atoms with E-state index >= 15 is 0 Å². The summed E-state index contributed by atoms with van der Waals surface area (Å²) >= 11 is 1.57. The second kappa shape index (κ2) is 4.73. The number of benzene rings is 2. The molecule has 0 radical (unpaired) electrons. The molecule has 2 N–H and O–H groups in total. The summed E-state index contributed by atoms with van der Waals surface area (Å²) in [5.41, 5.74) is 7.06. The molecular formula is C13H10N2S. The van der Waals surface area contributed by atoms with Gasteiger partial charge in [-0.25, -0.2) is 0 Å². The minimum atomic E-state index is 0.698. The van der Waals surface area contributed by atoms with Gasteiger partial charge in [0.1, 0.15) is 6.07 Å². The molecule has 0 aliphatic heterocycles. The van der Waals surface area contributed by atoms with Gasteiger partial charge in [-0.15, -0.1) is 0 Å². The summed E-state index contributed by atoms with van der Waals surface area (Å²) < 4.78 is 0. The van der Waals surface area contributed by atoms with Crippen LogP contribution in [0.4, 0.5) is 5.69 Å². The molecule has 0 aliphatic rings. The van der Waals surface area contributed by atoms with Crippen LogP contribution < -0.4 is 5.73 Å². The monoisotopic (exact) mass is 226 g/mol. The van der Waals surface area contributed by atoms with E-state index in [2.05, 4.69) is 6.07 Å². The van der Waals surface area contributed by atoms with Gasteiger partial charge in [-0.05, 0) is 36.4 Å². The van der Waals surface area contributed by atoms with Crippen molar-refractivity contribution >= 4 is 17.4 Å². The molecule has 0 aromatic heterocycles. The van der Waals surface area contributed by atoms with E-state index in [9.17, 15) is 0 Å². The quantitative estimate of drug-likeness (QED) is 0.799. The van der Waals surface area contributed by atoms with Gasteiger partial charge in [-0.2, -0.15) is 5.26 Å². The number of nitrogens with two attached hydrogens (primary N) is 1. The Morgan fingerprint density at radius 3 is 2.38 bits per heavy atom. The van der Waals surface area contributed by atoms with Gasteiger partial charge in [-0.3, -0.25) is 0 Å². The van der Waals surface area contributed by atoms with Crippen LogP contribution in [0.5, 0.6) is 0 Å². The molecule has 3 heteroatoms. The minimum Gasteiger partial charge on any atom is -0.399 e. The number of nitrogens with zero attached hydrogens (tertiary/aromatic N) is 1. The van der Waals surface area contributed by atoms with Gasteiger partial charge < -0.3 is 5.73 Å². The summed E-state index contributed by atoms with van der Waals surface area (Å²) in [7, 11) is 0. The maximum Gasteiger partial charge on any atom is 0.100 e. The van der Waals surface area contributed by atoms with E-state index in [1.54, 1.807) is 11.8 Å². The van der Waals surface area contributed by atoms with Crippen LogP contribution in [0.3, 0.4) is 0 Å². The fourth-order valence-corrected chi connectivity index (χ4v) is 2.21. The average Bonchev–Trinajstić information content (AvgIpc) is 2.33. The molecule has 0 heterocycles. The first-order valence-electron chi connectivity index (χ1n) is 4.82. The SMILES string of the molecule is N#Cc1ccccc1Sc1ccc(N)cc1. The molecular weight excluding hydrogens is 216 g/mol. The van der Waals surface area contributed by atoms with Crippen LogP contribution in [0.15, 0.2) is 58.3 Å². The highest BCUT2D eigenvalue weighted by Gasteiger charge is 2.02. The lowest BCUT2D eigenvalue weighted by Crippen LogP contribution is -1.83. The second-order valence-electron chi connectivity index (χ2n) is 3.28. The molecule has 0 fully saturated rings. The standard InChI is InChI=1S/C13H10N2S/c14-9-10-3-1-2-4-13(10)16-12-7-5-11(15)6-8-12/h1-8H,15H2. The second-order valence-corrected chi connectivity index (χ2v) is 4.39. The third kappa shape index (κ3) is 2.36. The largest absolute Gasteiger partial charge is 0.399 e. The summed E-state index contributed by atoms with van der Waals surface area (Å²) in [5, 5.41) is 8.96. The van der Waals surface area contributed by atoms with Crippen LogP contribution in [0, 0.1) is 11.3 Å². The molecule has 16 heavy (non-hydrogen) atoms. The lowest BCUT2D eigenvalue weighted by atomic mass is 10.2.